The maximum absolute atomic E-state index is 12.0. The number of amides is 1. The number of ether oxygens (including phenoxy) is 3. The zero-order valence-corrected chi connectivity index (χ0v) is 24.3. The first-order valence-electron chi connectivity index (χ1n) is 14.1. The van der Waals surface area contributed by atoms with Gasteiger partial charge in [-0.15, -0.1) is 10.2 Å². The fourth-order valence-corrected chi connectivity index (χ4v) is 5.05. The topological polar surface area (TPSA) is 103 Å². The minimum absolute atomic E-state index is 0.0425. The lowest BCUT2D eigenvalue weighted by Gasteiger charge is -2.36. The summed E-state index contributed by atoms with van der Waals surface area (Å²) in [5, 5.41) is 20.5. The second-order valence-electron chi connectivity index (χ2n) is 11.5. The largest absolute Gasteiger partial charge is 0.490 e. The van der Waals surface area contributed by atoms with Gasteiger partial charge in [-0.1, -0.05) is 38.1 Å². The Labute approximate surface area is 237 Å². The Kier molecular flexibility index (Phi) is 8.98. The Morgan fingerprint density at radius 3 is 1.95 bits per heavy atom. The van der Waals surface area contributed by atoms with Crippen molar-refractivity contribution in [3.63, 3.8) is 0 Å². The fraction of sp³-hybridized carbons (Fsp3) is 0.469. The van der Waals surface area contributed by atoms with Crippen LogP contribution in [0.2, 0.25) is 0 Å². The molecule has 8 nitrogen and oxygen atoms in total. The van der Waals surface area contributed by atoms with Crippen molar-refractivity contribution in [2.45, 2.75) is 96.5 Å². The van der Waals surface area contributed by atoms with Crippen molar-refractivity contribution in [1.29, 1.82) is 0 Å². The molecule has 3 aromatic rings. The third kappa shape index (κ3) is 7.10. The molecular weight excluding hydrogens is 506 g/mol. The average Bonchev–Trinajstić information content (AvgIpc) is 2.89. The number of hydrogen-bond acceptors (Lipinski definition) is 7. The van der Waals surface area contributed by atoms with Gasteiger partial charge >= 0.3 is 6.09 Å². The molecule has 0 bridgehead atoms. The SMILES string of the molecule is CCC(CC)(c1ccc(Oc2ccc(C(C)O)nn2)cc1)c1ccc(OC2CC(OC(=O)NC(C)(C)C)C2)cc1. The van der Waals surface area contributed by atoms with Crippen LogP contribution in [0.25, 0.3) is 0 Å². The quantitative estimate of drug-likeness (QED) is 0.286. The molecule has 2 N–H and O–H groups in total. The van der Waals surface area contributed by atoms with Gasteiger partial charge in [-0.25, -0.2) is 4.79 Å². The van der Waals surface area contributed by atoms with E-state index in [0.29, 0.717) is 30.2 Å². The van der Waals surface area contributed by atoms with E-state index in [0.717, 1.165) is 18.6 Å². The van der Waals surface area contributed by atoms with Crippen LogP contribution in [-0.2, 0) is 10.2 Å². The van der Waals surface area contributed by atoms with E-state index in [2.05, 4.69) is 53.6 Å². The van der Waals surface area contributed by atoms with Gasteiger partial charge in [0.2, 0.25) is 5.88 Å². The molecule has 1 heterocycles. The molecule has 1 unspecified atom stereocenters. The lowest BCUT2D eigenvalue weighted by Crippen LogP contribution is -2.46. The van der Waals surface area contributed by atoms with E-state index in [-0.39, 0.29) is 29.3 Å². The summed E-state index contributed by atoms with van der Waals surface area (Å²) in [5.74, 6) is 1.87. The molecule has 4 rings (SSSR count). The molecule has 0 spiro atoms. The van der Waals surface area contributed by atoms with Crippen LogP contribution in [-0.4, -0.2) is 39.1 Å². The van der Waals surface area contributed by atoms with Gasteiger partial charge in [0.1, 0.15) is 23.7 Å². The van der Waals surface area contributed by atoms with E-state index in [4.69, 9.17) is 14.2 Å². The summed E-state index contributed by atoms with van der Waals surface area (Å²) in [6.45, 7) is 11.9. The Morgan fingerprint density at radius 1 is 0.900 bits per heavy atom. The Balaban J connectivity index is 1.37. The number of aromatic nitrogens is 2. The Morgan fingerprint density at radius 2 is 1.48 bits per heavy atom. The Bertz CT molecular complexity index is 1240. The number of aliphatic hydroxyl groups is 1. The van der Waals surface area contributed by atoms with E-state index >= 15 is 0 Å². The lowest BCUT2D eigenvalue weighted by molar-refractivity contribution is -0.0243. The third-order valence-electron chi connectivity index (χ3n) is 7.44. The van der Waals surface area contributed by atoms with Crippen molar-refractivity contribution in [3.8, 4) is 17.4 Å². The van der Waals surface area contributed by atoms with E-state index in [9.17, 15) is 9.90 Å². The Hall–Kier alpha value is -3.65. The summed E-state index contributed by atoms with van der Waals surface area (Å²) < 4.78 is 17.5. The van der Waals surface area contributed by atoms with Crippen LogP contribution in [0.5, 0.6) is 17.4 Å². The number of carbonyl (C=O) groups excluding carboxylic acids is 1. The van der Waals surface area contributed by atoms with Crippen molar-refractivity contribution >= 4 is 6.09 Å². The van der Waals surface area contributed by atoms with Crippen LogP contribution >= 0.6 is 0 Å². The first kappa shape index (κ1) is 29.3. The van der Waals surface area contributed by atoms with Crippen molar-refractivity contribution in [1.82, 2.24) is 15.5 Å². The highest BCUT2D eigenvalue weighted by atomic mass is 16.6. The minimum atomic E-state index is -0.670. The number of benzene rings is 2. The summed E-state index contributed by atoms with van der Waals surface area (Å²) in [4.78, 5) is 12.0. The van der Waals surface area contributed by atoms with Crippen molar-refractivity contribution < 1.29 is 24.1 Å². The molecular formula is C32H41N3O5. The molecule has 1 aliphatic rings. The number of nitrogens with one attached hydrogen (secondary N) is 1. The number of carbonyl (C=O) groups is 1. The standard InChI is InChI=1S/C32H41N3O5/c1-7-32(8-2,23-11-15-25(16-12-23)39-29-18-17-28(21(3)36)34-35-29)22-9-13-24(14-10-22)38-26-19-27(20-26)40-30(37)33-31(4,5)6/h9-18,21,26-27,36H,7-8,19-20H2,1-6H3,(H,33,37). The highest BCUT2D eigenvalue weighted by Crippen LogP contribution is 2.40. The van der Waals surface area contributed by atoms with E-state index < -0.39 is 6.10 Å². The molecule has 1 aromatic heterocycles. The summed E-state index contributed by atoms with van der Waals surface area (Å²) in [6.07, 6.45) is 2.15. The van der Waals surface area contributed by atoms with Gasteiger partial charge in [-0.05, 0) is 82.0 Å². The minimum Gasteiger partial charge on any atom is -0.490 e. The van der Waals surface area contributed by atoms with Crippen LogP contribution in [0.15, 0.2) is 60.7 Å². The van der Waals surface area contributed by atoms with Gasteiger partial charge in [-0.2, -0.15) is 0 Å². The molecule has 0 radical (unpaired) electrons. The van der Waals surface area contributed by atoms with Crippen LogP contribution < -0.4 is 14.8 Å². The normalized spacial score (nSPS) is 17.9. The highest BCUT2D eigenvalue weighted by molar-refractivity contribution is 5.68. The summed E-state index contributed by atoms with van der Waals surface area (Å²) >= 11 is 0. The molecule has 1 atom stereocenters. The number of rotatable bonds is 10. The maximum Gasteiger partial charge on any atom is 0.407 e. The fourth-order valence-electron chi connectivity index (χ4n) is 5.05. The van der Waals surface area contributed by atoms with Crippen molar-refractivity contribution in [2.24, 2.45) is 0 Å². The molecule has 0 saturated heterocycles. The van der Waals surface area contributed by atoms with Gasteiger partial charge in [0.15, 0.2) is 0 Å². The highest BCUT2D eigenvalue weighted by Gasteiger charge is 2.35. The summed E-state index contributed by atoms with van der Waals surface area (Å²) in [6, 6.07) is 19.9. The van der Waals surface area contributed by atoms with Gasteiger partial charge in [0, 0.05) is 29.9 Å². The van der Waals surface area contributed by atoms with Crippen molar-refractivity contribution in [2.75, 3.05) is 0 Å². The van der Waals surface area contributed by atoms with Gasteiger partial charge in [-0.3, -0.25) is 0 Å². The smallest absolute Gasteiger partial charge is 0.407 e. The van der Waals surface area contributed by atoms with E-state index in [1.165, 1.54) is 11.1 Å². The molecule has 1 amide bonds. The number of nitrogens with zero attached hydrogens (tertiary/aromatic N) is 2. The molecule has 1 aliphatic carbocycles. The van der Waals surface area contributed by atoms with Gasteiger partial charge < -0.3 is 24.6 Å². The van der Waals surface area contributed by atoms with Gasteiger partial charge in [0.05, 0.1) is 11.8 Å². The molecule has 40 heavy (non-hydrogen) atoms. The second-order valence-corrected chi connectivity index (χ2v) is 11.5. The monoisotopic (exact) mass is 547 g/mol. The molecule has 0 aliphatic heterocycles. The summed E-state index contributed by atoms with van der Waals surface area (Å²) in [5.41, 5.74) is 2.48. The molecule has 1 saturated carbocycles. The predicted octanol–water partition coefficient (Wildman–Crippen LogP) is 6.86. The second kappa shape index (κ2) is 12.3. The van der Waals surface area contributed by atoms with E-state index in [1.807, 2.05) is 45.0 Å². The molecule has 2 aromatic carbocycles. The molecule has 214 valence electrons. The van der Waals surface area contributed by atoms with E-state index in [1.54, 1.807) is 19.1 Å². The van der Waals surface area contributed by atoms with Crippen molar-refractivity contribution in [3.05, 3.63) is 77.5 Å². The number of hydrogen-bond donors (Lipinski definition) is 2. The molecule has 8 heteroatoms. The summed E-state index contributed by atoms with van der Waals surface area (Å²) in [7, 11) is 0. The third-order valence-corrected chi connectivity index (χ3v) is 7.44. The zero-order chi connectivity index (χ0) is 28.9. The molecule has 1 fully saturated rings. The van der Waals surface area contributed by atoms with Crippen LogP contribution in [0.3, 0.4) is 0 Å². The first-order valence-corrected chi connectivity index (χ1v) is 14.1. The van der Waals surface area contributed by atoms with Crippen LogP contribution in [0.4, 0.5) is 4.79 Å². The average molecular weight is 548 g/mol. The maximum atomic E-state index is 12.0. The van der Waals surface area contributed by atoms with Gasteiger partial charge in [0.25, 0.3) is 0 Å². The number of aliphatic hydroxyl groups excluding tert-OH is 1. The number of alkyl carbamates (subject to hydrolysis) is 1. The first-order chi connectivity index (χ1) is 19.0. The lowest BCUT2D eigenvalue weighted by atomic mass is 9.70. The van der Waals surface area contributed by atoms with Crippen LogP contribution in [0.1, 0.15) is 90.2 Å². The zero-order valence-electron chi connectivity index (χ0n) is 24.3. The van der Waals surface area contributed by atoms with Crippen LogP contribution in [0, 0.1) is 0 Å². The predicted molar refractivity (Wildman–Crippen MR) is 154 cm³/mol.